The van der Waals surface area contributed by atoms with Gasteiger partial charge in [-0.05, 0) is 76.3 Å². The van der Waals surface area contributed by atoms with Crippen LogP contribution in [0, 0.1) is 11.8 Å². The molecule has 0 spiro atoms. The summed E-state index contributed by atoms with van der Waals surface area (Å²) in [5, 5.41) is 15.7. The van der Waals surface area contributed by atoms with Crippen molar-refractivity contribution in [3.63, 3.8) is 0 Å². The number of carboxylic acid groups (broad SMARTS) is 1. The standard InChI is InChI=1S/C39H54N4O8/c1-28(2)24-32(41-38(49)51-39(3,4)5)21-20-31(25-29-14-8-6-9-15-29)35(45)42-23-13-19-34(42)43(27-44)33(36(46)47)18-12-22-40-37(48)50-26-30-16-10-7-11-17-30/h6-11,14-17,20-21,27-28,31-34H,12-13,18-19,22-26H2,1-5H3,(H,40,48)(H,41,49)(H,46,47)/b21-20+/t31-,32-,33+,34+/m1/s1. The minimum absolute atomic E-state index is 0.0616. The SMILES string of the molecule is CC(C)C[C@@H](/C=C/[C@H](Cc1ccccc1)C(=O)N1CCC[C@@H]1N(C=O)[C@@H](CCCNC(=O)OCc1ccccc1)C(=O)O)NC(=O)OC(C)(C)C. The van der Waals surface area contributed by atoms with Crippen LogP contribution in [0.4, 0.5) is 9.59 Å². The Kier molecular flexibility index (Phi) is 16.0. The average Bonchev–Trinajstić information content (AvgIpc) is 3.56. The number of carbonyl (C=O) groups is 5. The first-order valence-electron chi connectivity index (χ1n) is 17.7. The molecule has 1 saturated heterocycles. The van der Waals surface area contributed by atoms with Crippen molar-refractivity contribution in [2.24, 2.45) is 11.8 Å². The summed E-state index contributed by atoms with van der Waals surface area (Å²) in [6.07, 6.45) is 4.55. The Bertz CT molecular complexity index is 1440. The zero-order chi connectivity index (χ0) is 37.4. The van der Waals surface area contributed by atoms with E-state index in [1.807, 2.05) is 80.6 Å². The number of alkyl carbamates (subject to hydrolysis) is 2. The lowest BCUT2D eigenvalue weighted by Crippen LogP contribution is -2.54. The van der Waals surface area contributed by atoms with E-state index in [2.05, 4.69) is 10.6 Å². The molecule has 4 amide bonds. The number of benzene rings is 2. The van der Waals surface area contributed by atoms with Crippen molar-refractivity contribution < 1.29 is 38.6 Å². The van der Waals surface area contributed by atoms with E-state index < -0.39 is 47.9 Å². The highest BCUT2D eigenvalue weighted by atomic mass is 16.6. The van der Waals surface area contributed by atoms with Gasteiger partial charge < -0.3 is 35.0 Å². The van der Waals surface area contributed by atoms with Crippen LogP contribution in [0.2, 0.25) is 0 Å². The van der Waals surface area contributed by atoms with E-state index in [4.69, 9.17) is 9.47 Å². The van der Waals surface area contributed by atoms with Gasteiger partial charge in [-0.3, -0.25) is 9.59 Å². The maximum Gasteiger partial charge on any atom is 0.408 e. The minimum atomic E-state index is -1.21. The fraction of sp³-hybridized carbons (Fsp3) is 0.513. The molecule has 1 aliphatic heterocycles. The number of ether oxygens (including phenoxy) is 2. The van der Waals surface area contributed by atoms with E-state index in [0.717, 1.165) is 11.1 Å². The monoisotopic (exact) mass is 706 g/mol. The molecular formula is C39H54N4O8. The van der Waals surface area contributed by atoms with Crippen LogP contribution in [-0.4, -0.2) is 82.3 Å². The second-order valence-corrected chi connectivity index (χ2v) is 14.3. The van der Waals surface area contributed by atoms with Gasteiger partial charge in [-0.25, -0.2) is 14.4 Å². The van der Waals surface area contributed by atoms with Crippen LogP contribution >= 0.6 is 0 Å². The number of carbonyl (C=O) groups excluding carboxylic acids is 4. The molecule has 0 saturated carbocycles. The number of hydrogen-bond acceptors (Lipinski definition) is 7. The molecule has 12 heteroatoms. The molecule has 3 rings (SSSR count). The lowest BCUT2D eigenvalue weighted by atomic mass is 9.95. The molecule has 3 N–H and O–H groups in total. The predicted molar refractivity (Wildman–Crippen MR) is 193 cm³/mol. The molecule has 0 radical (unpaired) electrons. The molecule has 2 aromatic rings. The summed E-state index contributed by atoms with van der Waals surface area (Å²) in [4.78, 5) is 66.9. The van der Waals surface area contributed by atoms with Crippen molar-refractivity contribution in [1.82, 2.24) is 20.4 Å². The van der Waals surface area contributed by atoms with Crippen LogP contribution in [0.3, 0.4) is 0 Å². The number of hydrogen-bond donors (Lipinski definition) is 3. The molecule has 4 atom stereocenters. The molecule has 12 nitrogen and oxygen atoms in total. The summed E-state index contributed by atoms with van der Waals surface area (Å²) in [5.41, 5.74) is 1.10. The van der Waals surface area contributed by atoms with Crippen molar-refractivity contribution in [3.8, 4) is 0 Å². The Morgan fingerprint density at radius 1 is 0.980 bits per heavy atom. The van der Waals surface area contributed by atoms with Crippen LogP contribution in [-0.2, 0) is 36.9 Å². The van der Waals surface area contributed by atoms with Gasteiger partial charge in [0, 0.05) is 13.1 Å². The summed E-state index contributed by atoms with van der Waals surface area (Å²) in [5.74, 6) is -1.84. The number of nitrogens with one attached hydrogen (secondary N) is 2. The van der Waals surface area contributed by atoms with Crippen molar-refractivity contribution in [1.29, 1.82) is 0 Å². The Balaban J connectivity index is 1.73. The Morgan fingerprint density at radius 2 is 1.63 bits per heavy atom. The van der Waals surface area contributed by atoms with Gasteiger partial charge in [0.15, 0.2) is 0 Å². The van der Waals surface area contributed by atoms with Gasteiger partial charge in [-0.1, -0.05) is 86.7 Å². The third-order valence-electron chi connectivity index (χ3n) is 8.37. The molecule has 1 heterocycles. The van der Waals surface area contributed by atoms with Crippen LogP contribution in [0.15, 0.2) is 72.8 Å². The van der Waals surface area contributed by atoms with Crippen LogP contribution in [0.1, 0.15) is 77.8 Å². The fourth-order valence-electron chi connectivity index (χ4n) is 6.07. The number of rotatable bonds is 18. The number of carboxylic acids is 1. The van der Waals surface area contributed by atoms with E-state index in [0.29, 0.717) is 38.6 Å². The second kappa shape index (κ2) is 20.1. The van der Waals surface area contributed by atoms with E-state index in [1.54, 1.807) is 31.7 Å². The number of likely N-dealkylation sites (tertiary alicyclic amines) is 1. The Hall–Kier alpha value is -4.87. The van der Waals surface area contributed by atoms with Gasteiger partial charge in [0.25, 0.3) is 0 Å². The third-order valence-corrected chi connectivity index (χ3v) is 8.37. The predicted octanol–water partition coefficient (Wildman–Crippen LogP) is 5.91. The number of amides is 4. The highest BCUT2D eigenvalue weighted by Gasteiger charge is 2.40. The highest BCUT2D eigenvalue weighted by Crippen LogP contribution is 2.27. The third kappa shape index (κ3) is 14.1. The maximum atomic E-state index is 14.3. The number of nitrogens with zero attached hydrogens (tertiary/aromatic N) is 2. The number of aliphatic carboxylic acids is 1. The molecule has 0 bridgehead atoms. The van der Waals surface area contributed by atoms with Crippen molar-refractivity contribution in [2.45, 2.75) is 104 Å². The quantitative estimate of drug-likeness (QED) is 0.0983. The molecule has 0 aliphatic carbocycles. The molecule has 278 valence electrons. The van der Waals surface area contributed by atoms with Gasteiger partial charge in [-0.2, -0.15) is 0 Å². The van der Waals surface area contributed by atoms with Gasteiger partial charge in [0.05, 0.1) is 12.0 Å². The molecular weight excluding hydrogens is 652 g/mol. The van der Waals surface area contributed by atoms with Crippen molar-refractivity contribution in [3.05, 3.63) is 83.9 Å². The lowest BCUT2D eigenvalue weighted by Gasteiger charge is -2.37. The summed E-state index contributed by atoms with van der Waals surface area (Å²) < 4.78 is 10.7. The van der Waals surface area contributed by atoms with Crippen molar-refractivity contribution >= 4 is 30.5 Å². The van der Waals surface area contributed by atoms with Crippen molar-refractivity contribution in [2.75, 3.05) is 13.1 Å². The van der Waals surface area contributed by atoms with E-state index in [1.165, 1.54) is 4.90 Å². The van der Waals surface area contributed by atoms with Gasteiger partial charge in [0.1, 0.15) is 24.4 Å². The summed E-state index contributed by atoms with van der Waals surface area (Å²) in [6, 6.07) is 17.2. The molecule has 2 aromatic carbocycles. The lowest BCUT2D eigenvalue weighted by molar-refractivity contribution is -0.154. The normalized spacial score (nSPS) is 16.3. The smallest absolute Gasteiger partial charge is 0.408 e. The summed E-state index contributed by atoms with van der Waals surface area (Å²) in [7, 11) is 0. The summed E-state index contributed by atoms with van der Waals surface area (Å²) >= 11 is 0. The second-order valence-electron chi connectivity index (χ2n) is 14.3. The Labute approximate surface area is 301 Å². The van der Waals surface area contributed by atoms with Crippen LogP contribution < -0.4 is 10.6 Å². The molecule has 51 heavy (non-hydrogen) atoms. The van der Waals surface area contributed by atoms with E-state index >= 15 is 0 Å². The van der Waals surface area contributed by atoms with Crippen LogP contribution in [0.25, 0.3) is 0 Å². The van der Waals surface area contributed by atoms with E-state index in [-0.39, 0.29) is 37.8 Å². The molecule has 1 aliphatic rings. The van der Waals surface area contributed by atoms with E-state index in [9.17, 15) is 29.1 Å². The van der Waals surface area contributed by atoms with Gasteiger partial charge >= 0.3 is 18.2 Å². The molecule has 0 unspecified atom stereocenters. The highest BCUT2D eigenvalue weighted by molar-refractivity contribution is 5.82. The van der Waals surface area contributed by atoms with Gasteiger partial charge in [0.2, 0.25) is 12.3 Å². The Morgan fingerprint density at radius 3 is 2.22 bits per heavy atom. The first-order valence-corrected chi connectivity index (χ1v) is 17.7. The topological polar surface area (TPSA) is 155 Å². The maximum absolute atomic E-state index is 14.3. The zero-order valence-corrected chi connectivity index (χ0v) is 30.5. The zero-order valence-electron chi connectivity index (χ0n) is 30.5. The average molecular weight is 707 g/mol. The first kappa shape index (κ1) is 40.6. The molecule has 1 fully saturated rings. The largest absolute Gasteiger partial charge is 0.480 e. The minimum Gasteiger partial charge on any atom is -0.480 e. The molecule has 0 aromatic heterocycles. The van der Waals surface area contributed by atoms with Gasteiger partial charge in [-0.15, -0.1) is 0 Å². The van der Waals surface area contributed by atoms with Crippen LogP contribution in [0.5, 0.6) is 0 Å². The first-order chi connectivity index (χ1) is 24.3. The fourth-order valence-corrected chi connectivity index (χ4v) is 6.07. The summed E-state index contributed by atoms with van der Waals surface area (Å²) in [6.45, 7) is 10.1.